The maximum absolute atomic E-state index is 12.0. The average Bonchev–Trinajstić information content (AvgIpc) is 3.07. The Labute approximate surface area is 139 Å². The van der Waals surface area contributed by atoms with Crippen LogP contribution < -0.4 is 16.0 Å². The molecular weight excluding hydrogens is 304 g/mol. The minimum Gasteiger partial charge on any atom is -0.490 e. The number of aromatic nitrogens is 1. The summed E-state index contributed by atoms with van der Waals surface area (Å²) in [6, 6.07) is 10.9. The molecule has 1 aromatic heterocycles. The molecule has 0 spiro atoms. The van der Waals surface area contributed by atoms with Crippen molar-refractivity contribution in [1.82, 2.24) is 4.98 Å². The number of pyridine rings is 1. The van der Waals surface area contributed by atoms with Crippen LogP contribution in [0.2, 0.25) is 0 Å². The highest BCUT2D eigenvalue weighted by atomic mass is 16.5. The molecule has 1 fully saturated rings. The Kier molecular flexibility index (Phi) is 4.22. The number of ether oxygens (including phenoxy) is 1. The Hall–Kier alpha value is -3.25. The fraction of sp³-hybridized carbons (Fsp3) is 0.278. The third kappa shape index (κ3) is 2.82. The molecule has 1 heterocycles. The van der Waals surface area contributed by atoms with E-state index < -0.39 is 5.56 Å². The van der Waals surface area contributed by atoms with Crippen LogP contribution in [0, 0.1) is 22.7 Å². The fourth-order valence-electron chi connectivity index (χ4n) is 3.06. The quantitative estimate of drug-likeness (QED) is 0.902. The van der Waals surface area contributed by atoms with Crippen LogP contribution in [0.15, 0.2) is 29.1 Å². The van der Waals surface area contributed by atoms with E-state index in [1.807, 2.05) is 18.2 Å². The van der Waals surface area contributed by atoms with Gasteiger partial charge in [-0.25, -0.2) is 0 Å². The Morgan fingerprint density at radius 3 is 2.54 bits per heavy atom. The number of nitrogens with zero attached hydrogens (tertiary/aromatic N) is 2. The third-order valence-corrected chi connectivity index (χ3v) is 4.20. The van der Waals surface area contributed by atoms with Gasteiger partial charge in [0, 0.05) is 5.56 Å². The van der Waals surface area contributed by atoms with Gasteiger partial charge in [0.25, 0.3) is 5.56 Å². The summed E-state index contributed by atoms with van der Waals surface area (Å²) in [6.07, 6.45) is 4.55. The van der Waals surface area contributed by atoms with Gasteiger partial charge in [0.05, 0.1) is 6.10 Å². The summed E-state index contributed by atoms with van der Waals surface area (Å²) in [6.45, 7) is 0. The molecule has 0 radical (unpaired) electrons. The molecule has 0 bridgehead atoms. The fourth-order valence-corrected chi connectivity index (χ4v) is 3.06. The first-order valence-corrected chi connectivity index (χ1v) is 7.77. The molecule has 0 atom stereocenters. The van der Waals surface area contributed by atoms with Crippen LogP contribution >= 0.6 is 0 Å². The number of anilines is 1. The number of nitrogens with one attached hydrogen (secondary N) is 1. The number of hydrogen-bond donors (Lipinski definition) is 2. The molecule has 0 amide bonds. The summed E-state index contributed by atoms with van der Waals surface area (Å²) >= 11 is 0. The number of nitriles is 2. The second-order valence-corrected chi connectivity index (χ2v) is 5.77. The van der Waals surface area contributed by atoms with Gasteiger partial charge in [0.2, 0.25) is 0 Å². The summed E-state index contributed by atoms with van der Waals surface area (Å²) in [7, 11) is 0. The lowest BCUT2D eigenvalue weighted by Crippen LogP contribution is -2.16. The smallest absolute Gasteiger partial charge is 0.268 e. The van der Waals surface area contributed by atoms with Crippen molar-refractivity contribution >= 4 is 5.82 Å². The number of rotatable bonds is 3. The van der Waals surface area contributed by atoms with Gasteiger partial charge >= 0.3 is 0 Å². The summed E-state index contributed by atoms with van der Waals surface area (Å²) in [4.78, 5) is 14.3. The highest BCUT2D eigenvalue weighted by Crippen LogP contribution is 2.32. The van der Waals surface area contributed by atoms with Gasteiger partial charge in [-0.2, -0.15) is 10.5 Å². The van der Waals surface area contributed by atoms with E-state index in [9.17, 15) is 15.3 Å². The lowest BCUT2D eigenvalue weighted by molar-refractivity contribution is 0.210. The molecule has 24 heavy (non-hydrogen) atoms. The van der Waals surface area contributed by atoms with E-state index in [2.05, 4.69) is 4.98 Å². The predicted octanol–water partition coefficient (Wildman–Crippen LogP) is 2.69. The van der Waals surface area contributed by atoms with Crippen molar-refractivity contribution < 1.29 is 4.74 Å². The van der Waals surface area contributed by atoms with E-state index >= 15 is 0 Å². The van der Waals surface area contributed by atoms with Crippen molar-refractivity contribution in [3.05, 3.63) is 45.7 Å². The molecule has 1 aliphatic rings. The van der Waals surface area contributed by atoms with Gasteiger partial charge in [0.1, 0.15) is 34.8 Å². The monoisotopic (exact) mass is 320 g/mol. The molecule has 6 nitrogen and oxygen atoms in total. The van der Waals surface area contributed by atoms with Crippen molar-refractivity contribution in [1.29, 1.82) is 10.5 Å². The number of benzene rings is 1. The van der Waals surface area contributed by atoms with Crippen LogP contribution in [0.1, 0.15) is 36.8 Å². The third-order valence-electron chi connectivity index (χ3n) is 4.20. The molecule has 3 N–H and O–H groups in total. The van der Waals surface area contributed by atoms with Crippen LogP contribution in [0.25, 0.3) is 11.1 Å². The highest BCUT2D eigenvalue weighted by molar-refractivity contribution is 5.80. The molecule has 1 aromatic carbocycles. The van der Waals surface area contributed by atoms with Crippen LogP contribution in [0.3, 0.4) is 0 Å². The van der Waals surface area contributed by atoms with Crippen molar-refractivity contribution in [2.75, 3.05) is 5.73 Å². The van der Waals surface area contributed by atoms with Gasteiger partial charge in [-0.3, -0.25) is 4.79 Å². The number of hydrogen-bond acceptors (Lipinski definition) is 5. The zero-order valence-corrected chi connectivity index (χ0v) is 13.0. The summed E-state index contributed by atoms with van der Waals surface area (Å²) in [5, 5.41) is 18.7. The van der Waals surface area contributed by atoms with E-state index in [1.54, 1.807) is 18.2 Å². The van der Waals surface area contributed by atoms with E-state index in [1.165, 1.54) is 0 Å². The molecule has 2 aromatic rings. The van der Waals surface area contributed by atoms with E-state index in [4.69, 9.17) is 10.5 Å². The van der Waals surface area contributed by atoms with Crippen LogP contribution in [0.4, 0.5) is 5.82 Å². The normalized spacial score (nSPS) is 14.1. The number of H-pyrrole nitrogens is 1. The Bertz CT molecular complexity index is 912. The minimum atomic E-state index is -0.605. The first kappa shape index (κ1) is 15.6. The van der Waals surface area contributed by atoms with Gasteiger partial charge in [-0.1, -0.05) is 12.1 Å². The molecule has 0 unspecified atom stereocenters. The first-order chi connectivity index (χ1) is 11.6. The lowest BCUT2D eigenvalue weighted by Gasteiger charge is -2.15. The van der Waals surface area contributed by atoms with Crippen molar-refractivity contribution in [3.8, 4) is 29.0 Å². The average molecular weight is 320 g/mol. The van der Waals surface area contributed by atoms with E-state index in [0.29, 0.717) is 11.3 Å². The molecule has 3 rings (SSSR count). The second kappa shape index (κ2) is 6.47. The van der Waals surface area contributed by atoms with Gasteiger partial charge in [-0.15, -0.1) is 0 Å². The van der Waals surface area contributed by atoms with Crippen LogP contribution in [-0.2, 0) is 0 Å². The van der Waals surface area contributed by atoms with Crippen LogP contribution in [0.5, 0.6) is 5.75 Å². The molecule has 0 aliphatic heterocycles. The molecule has 120 valence electrons. The zero-order chi connectivity index (χ0) is 17.1. The number of nitrogen functional groups attached to an aromatic ring is 1. The summed E-state index contributed by atoms with van der Waals surface area (Å²) in [5.41, 5.74) is 5.92. The first-order valence-electron chi connectivity index (χ1n) is 7.77. The molecule has 1 aliphatic carbocycles. The van der Waals surface area contributed by atoms with Crippen molar-refractivity contribution in [3.63, 3.8) is 0 Å². The molecule has 1 saturated carbocycles. The molecule has 6 heteroatoms. The summed E-state index contributed by atoms with van der Waals surface area (Å²) < 4.78 is 5.96. The van der Waals surface area contributed by atoms with Crippen LogP contribution in [-0.4, -0.2) is 11.1 Å². The maximum atomic E-state index is 12.0. The Morgan fingerprint density at radius 1 is 1.17 bits per heavy atom. The van der Waals surface area contributed by atoms with Gasteiger partial charge in [0.15, 0.2) is 0 Å². The van der Waals surface area contributed by atoms with Gasteiger partial charge < -0.3 is 15.5 Å². The predicted molar refractivity (Wildman–Crippen MR) is 89.2 cm³/mol. The summed E-state index contributed by atoms with van der Waals surface area (Å²) in [5.74, 6) is 0.615. The van der Waals surface area contributed by atoms with Crippen molar-refractivity contribution in [2.45, 2.75) is 31.8 Å². The Morgan fingerprint density at radius 2 is 1.88 bits per heavy atom. The largest absolute Gasteiger partial charge is 0.490 e. The van der Waals surface area contributed by atoms with Crippen molar-refractivity contribution in [2.24, 2.45) is 0 Å². The Balaban J connectivity index is 2.11. The number of aromatic amines is 1. The van der Waals surface area contributed by atoms with Gasteiger partial charge in [-0.05, 0) is 43.4 Å². The molecule has 0 saturated heterocycles. The topological polar surface area (TPSA) is 116 Å². The SMILES string of the molecule is N#Cc1c(N)[nH]c(=O)c(C#N)c1-c1cccc(OC2CCCC2)c1. The van der Waals surface area contributed by atoms with E-state index in [-0.39, 0.29) is 28.6 Å². The highest BCUT2D eigenvalue weighted by Gasteiger charge is 2.20. The maximum Gasteiger partial charge on any atom is 0.268 e. The van der Waals surface area contributed by atoms with E-state index in [0.717, 1.165) is 25.7 Å². The lowest BCUT2D eigenvalue weighted by atomic mass is 9.96. The standard InChI is InChI=1S/C18H16N4O2/c19-9-14-16(15(10-20)18(23)22-17(14)21)11-4-3-7-13(8-11)24-12-5-1-2-6-12/h3-4,7-8,12H,1-2,5-6H2,(H3,21,22,23). The minimum absolute atomic E-state index is 0.0429. The zero-order valence-electron chi connectivity index (χ0n) is 13.0. The second-order valence-electron chi connectivity index (χ2n) is 5.77. The molecular formula is C18H16N4O2. The number of nitrogens with two attached hydrogens (primary N) is 1.